The summed E-state index contributed by atoms with van der Waals surface area (Å²) in [7, 11) is -2.37. The van der Waals surface area contributed by atoms with Crippen LogP contribution in [-0.4, -0.2) is 14.9 Å². The summed E-state index contributed by atoms with van der Waals surface area (Å²) in [4.78, 5) is 0. The molecule has 1 nitrogen and oxygen atoms in total. The van der Waals surface area contributed by atoms with E-state index in [1.54, 1.807) is 0 Å². The number of hydrogen-bond donors (Lipinski definition) is 0. The highest BCUT2D eigenvalue weighted by Gasteiger charge is 2.49. The largest absolute Gasteiger partial charge is 0.407 e. The van der Waals surface area contributed by atoms with Crippen LogP contribution in [0, 0.1) is 5.92 Å². The smallest absolute Gasteiger partial charge is 0.261 e. The lowest BCUT2D eigenvalue weighted by atomic mass is 9.98. The van der Waals surface area contributed by atoms with E-state index in [9.17, 15) is 0 Å². The van der Waals surface area contributed by atoms with Crippen molar-refractivity contribution < 1.29 is 4.43 Å². The van der Waals surface area contributed by atoms with Crippen LogP contribution in [0.4, 0.5) is 0 Å². The zero-order chi connectivity index (χ0) is 19.9. The molecule has 0 radical (unpaired) electrons. The van der Waals surface area contributed by atoms with Gasteiger partial charge in [-0.1, -0.05) is 93.9 Å². The molecular formula is C25H36OSi. The zero-order valence-corrected chi connectivity index (χ0v) is 18.8. The first-order valence-corrected chi connectivity index (χ1v) is 12.1. The first-order valence-electron chi connectivity index (χ1n) is 10.2. The molecule has 0 fully saturated rings. The number of hydrogen-bond acceptors (Lipinski definition) is 1. The third kappa shape index (κ3) is 5.43. The van der Waals surface area contributed by atoms with E-state index < -0.39 is 8.32 Å². The van der Waals surface area contributed by atoms with Crippen molar-refractivity contribution in [1.82, 2.24) is 0 Å². The Hall–Kier alpha value is -1.64. The van der Waals surface area contributed by atoms with Crippen molar-refractivity contribution in [2.24, 2.45) is 5.92 Å². The standard InChI is InChI=1S/C25H36OSi/c1-21(2)20-22(3)14-13-19-26-27(25(4,5)6,23-15-9-7-10-16-23)24-17-11-8-12-18-24/h7-12,15-18,22H,1,13-14,19-20H2,2-6H3/t22-/m0/s1. The van der Waals surface area contributed by atoms with Crippen LogP contribution >= 0.6 is 0 Å². The van der Waals surface area contributed by atoms with Crippen molar-refractivity contribution in [3.8, 4) is 0 Å². The third-order valence-electron chi connectivity index (χ3n) is 5.27. The second-order valence-electron chi connectivity index (χ2n) is 8.92. The van der Waals surface area contributed by atoms with Crippen molar-refractivity contribution >= 4 is 18.7 Å². The van der Waals surface area contributed by atoms with Gasteiger partial charge in [0.25, 0.3) is 8.32 Å². The molecule has 2 aromatic carbocycles. The van der Waals surface area contributed by atoms with Crippen molar-refractivity contribution in [2.75, 3.05) is 6.61 Å². The van der Waals surface area contributed by atoms with Gasteiger partial charge >= 0.3 is 0 Å². The first-order chi connectivity index (χ1) is 12.8. The molecule has 0 spiro atoms. The van der Waals surface area contributed by atoms with Gasteiger partial charge in [-0.05, 0) is 47.5 Å². The summed E-state index contributed by atoms with van der Waals surface area (Å²) in [6, 6.07) is 21.8. The molecule has 0 N–H and O–H groups in total. The lowest BCUT2D eigenvalue weighted by Crippen LogP contribution is -2.66. The molecule has 27 heavy (non-hydrogen) atoms. The van der Waals surface area contributed by atoms with Gasteiger partial charge in [0.1, 0.15) is 0 Å². The number of benzene rings is 2. The van der Waals surface area contributed by atoms with E-state index in [1.165, 1.54) is 22.4 Å². The number of rotatable bonds is 9. The zero-order valence-electron chi connectivity index (χ0n) is 17.8. The summed E-state index contributed by atoms with van der Waals surface area (Å²) in [5.74, 6) is 0.672. The summed E-state index contributed by atoms with van der Waals surface area (Å²) < 4.78 is 6.94. The second kappa shape index (κ2) is 9.52. The van der Waals surface area contributed by atoms with Crippen LogP contribution in [0.25, 0.3) is 0 Å². The lowest BCUT2D eigenvalue weighted by Gasteiger charge is -2.43. The topological polar surface area (TPSA) is 9.23 Å². The van der Waals surface area contributed by atoms with Crippen LogP contribution in [0.2, 0.25) is 5.04 Å². The van der Waals surface area contributed by atoms with Gasteiger partial charge < -0.3 is 4.43 Å². The normalized spacial score (nSPS) is 13.4. The maximum atomic E-state index is 6.94. The van der Waals surface area contributed by atoms with Gasteiger partial charge in [-0.2, -0.15) is 0 Å². The highest BCUT2D eigenvalue weighted by Crippen LogP contribution is 2.36. The predicted octanol–water partition coefficient (Wildman–Crippen LogP) is 5.95. The fraction of sp³-hybridized carbons (Fsp3) is 0.440. The van der Waals surface area contributed by atoms with Crippen molar-refractivity contribution in [3.63, 3.8) is 0 Å². The fourth-order valence-corrected chi connectivity index (χ4v) is 8.72. The summed E-state index contributed by atoms with van der Waals surface area (Å²) in [6.07, 6.45) is 3.39. The van der Waals surface area contributed by atoms with E-state index in [2.05, 4.69) is 102 Å². The Bertz CT molecular complexity index is 661. The van der Waals surface area contributed by atoms with E-state index in [1.807, 2.05) is 0 Å². The summed E-state index contributed by atoms with van der Waals surface area (Å²) in [6.45, 7) is 16.3. The summed E-state index contributed by atoms with van der Waals surface area (Å²) in [5, 5.41) is 2.77. The molecule has 0 saturated heterocycles. The molecule has 0 saturated carbocycles. The molecule has 0 bridgehead atoms. The van der Waals surface area contributed by atoms with E-state index in [0.29, 0.717) is 5.92 Å². The van der Waals surface area contributed by atoms with E-state index in [0.717, 1.165) is 19.4 Å². The Morgan fingerprint density at radius 2 is 1.44 bits per heavy atom. The minimum Gasteiger partial charge on any atom is -0.407 e. The van der Waals surface area contributed by atoms with E-state index >= 15 is 0 Å². The molecule has 2 rings (SSSR count). The molecule has 0 aliphatic heterocycles. The minimum absolute atomic E-state index is 0.0546. The third-order valence-corrected chi connectivity index (χ3v) is 10.3. The first kappa shape index (κ1) is 21.7. The van der Waals surface area contributed by atoms with Crippen LogP contribution in [-0.2, 0) is 4.43 Å². The molecule has 0 aromatic heterocycles. The van der Waals surface area contributed by atoms with Gasteiger partial charge in [0.15, 0.2) is 0 Å². The molecule has 2 heteroatoms. The predicted molar refractivity (Wildman–Crippen MR) is 121 cm³/mol. The van der Waals surface area contributed by atoms with Gasteiger partial charge in [0.05, 0.1) is 0 Å². The molecule has 0 unspecified atom stereocenters. The second-order valence-corrected chi connectivity index (χ2v) is 13.2. The molecule has 0 aliphatic rings. The Balaban J connectivity index is 2.29. The van der Waals surface area contributed by atoms with Crippen molar-refractivity contribution in [2.45, 2.75) is 58.9 Å². The maximum absolute atomic E-state index is 6.94. The average molecular weight is 381 g/mol. The highest BCUT2D eigenvalue weighted by molar-refractivity contribution is 6.99. The summed E-state index contributed by atoms with van der Waals surface area (Å²) >= 11 is 0. The van der Waals surface area contributed by atoms with Gasteiger partial charge in [0, 0.05) is 6.61 Å². The lowest BCUT2D eigenvalue weighted by molar-refractivity contribution is 0.278. The van der Waals surface area contributed by atoms with Crippen molar-refractivity contribution in [1.29, 1.82) is 0 Å². The molecule has 0 amide bonds. The Morgan fingerprint density at radius 1 is 0.963 bits per heavy atom. The Kier molecular flexibility index (Phi) is 7.64. The van der Waals surface area contributed by atoms with Crippen LogP contribution in [0.5, 0.6) is 0 Å². The fourth-order valence-electron chi connectivity index (χ4n) is 4.12. The summed E-state index contributed by atoms with van der Waals surface area (Å²) in [5.41, 5.74) is 1.27. The van der Waals surface area contributed by atoms with Crippen molar-refractivity contribution in [3.05, 3.63) is 72.8 Å². The number of allylic oxidation sites excluding steroid dienone is 1. The molecule has 2 aromatic rings. The average Bonchev–Trinajstić information content (AvgIpc) is 2.61. The maximum Gasteiger partial charge on any atom is 0.261 e. The van der Waals surface area contributed by atoms with Gasteiger partial charge in [-0.3, -0.25) is 0 Å². The molecular weight excluding hydrogens is 344 g/mol. The van der Waals surface area contributed by atoms with Gasteiger partial charge in [-0.25, -0.2) is 0 Å². The molecule has 1 atom stereocenters. The monoisotopic (exact) mass is 380 g/mol. The molecule has 146 valence electrons. The quantitative estimate of drug-likeness (QED) is 0.297. The van der Waals surface area contributed by atoms with Crippen LogP contribution in [0.3, 0.4) is 0 Å². The molecule has 0 heterocycles. The van der Waals surface area contributed by atoms with Crippen LogP contribution in [0.1, 0.15) is 53.9 Å². The SMILES string of the molecule is C=C(C)C[C@@H](C)CCCO[Si](c1ccccc1)(c1ccccc1)C(C)(C)C. The van der Waals surface area contributed by atoms with E-state index in [4.69, 9.17) is 4.43 Å². The minimum atomic E-state index is -2.37. The Labute approximate surface area is 167 Å². The van der Waals surface area contributed by atoms with E-state index in [-0.39, 0.29) is 5.04 Å². The van der Waals surface area contributed by atoms with Crippen LogP contribution in [0.15, 0.2) is 72.8 Å². The molecule has 0 aliphatic carbocycles. The Morgan fingerprint density at radius 3 is 1.85 bits per heavy atom. The van der Waals surface area contributed by atoms with Crippen LogP contribution < -0.4 is 10.4 Å². The van der Waals surface area contributed by atoms with Gasteiger partial charge in [0.2, 0.25) is 0 Å². The van der Waals surface area contributed by atoms with Gasteiger partial charge in [-0.15, -0.1) is 6.58 Å². The highest BCUT2D eigenvalue weighted by atomic mass is 28.4.